The minimum atomic E-state index is 0.00527. The maximum Gasteiger partial charge on any atom is 0.248 e. The predicted molar refractivity (Wildman–Crippen MR) is 89.8 cm³/mol. The Labute approximate surface area is 136 Å². The third-order valence-corrected chi connectivity index (χ3v) is 4.55. The maximum atomic E-state index is 11.8. The van der Waals surface area contributed by atoms with Gasteiger partial charge in [0.05, 0.1) is 33.0 Å². The fraction of sp³-hybridized carbons (Fsp3) is 0.438. The summed E-state index contributed by atoms with van der Waals surface area (Å²) in [5, 5.41) is 0. The molecule has 3 N–H and O–H groups in total. The average molecular weight is 322 g/mol. The van der Waals surface area contributed by atoms with Crippen molar-refractivity contribution in [3.8, 4) is 5.75 Å². The second-order valence-corrected chi connectivity index (χ2v) is 6.39. The Morgan fingerprint density at radius 2 is 2.14 bits per heavy atom. The molecule has 0 radical (unpaired) electrons. The van der Waals surface area contributed by atoms with E-state index in [0.717, 1.165) is 36.7 Å². The highest BCUT2D eigenvalue weighted by Gasteiger charge is 2.10. The van der Waals surface area contributed by atoms with Gasteiger partial charge in [0.25, 0.3) is 0 Å². The second kappa shape index (κ2) is 8.70. The van der Waals surface area contributed by atoms with E-state index in [-0.39, 0.29) is 5.91 Å². The first-order valence-electron chi connectivity index (χ1n) is 7.43. The van der Waals surface area contributed by atoms with E-state index in [9.17, 15) is 4.79 Å². The second-order valence-electron chi connectivity index (χ2n) is 5.40. The molecule has 5 nitrogen and oxygen atoms in total. The van der Waals surface area contributed by atoms with Gasteiger partial charge in [0.2, 0.25) is 5.91 Å². The van der Waals surface area contributed by atoms with Crippen molar-refractivity contribution in [3.63, 3.8) is 0 Å². The first-order valence-corrected chi connectivity index (χ1v) is 8.58. The molecule has 1 aliphatic heterocycles. The minimum absolute atomic E-state index is 0.00527. The standard InChI is InChI=1S/C16H23N3O2S/c1-19-9-7-14(8-10-19)17-18-16(20)12-22-11-13-3-5-15(21-2)6-4-13/h3-7,17H,8-12H2,1-2H3,(H,18,20)/p+1. The maximum absolute atomic E-state index is 11.8. The van der Waals surface area contributed by atoms with Gasteiger partial charge in [0.1, 0.15) is 5.75 Å². The molecule has 6 heteroatoms. The molecule has 22 heavy (non-hydrogen) atoms. The van der Waals surface area contributed by atoms with Gasteiger partial charge in [0.15, 0.2) is 0 Å². The molecule has 0 saturated carbocycles. The van der Waals surface area contributed by atoms with Crippen molar-refractivity contribution in [1.29, 1.82) is 0 Å². The molecule has 0 spiro atoms. The molecule has 1 atom stereocenters. The molecule has 1 aromatic carbocycles. The van der Waals surface area contributed by atoms with Crippen LogP contribution in [0.4, 0.5) is 0 Å². The summed E-state index contributed by atoms with van der Waals surface area (Å²) in [5.74, 6) is 2.11. The van der Waals surface area contributed by atoms with Crippen LogP contribution >= 0.6 is 11.8 Å². The van der Waals surface area contributed by atoms with Crippen LogP contribution in [0.3, 0.4) is 0 Å². The van der Waals surface area contributed by atoms with Crippen LogP contribution in [0, 0.1) is 0 Å². The Hall–Kier alpha value is -1.66. The lowest BCUT2D eigenvalue weighted by atomic mass is 10.2. The predicted octanol–water partition coefficient (Wildman–Crippen LogP) is 0.352. The number of nitrogens with one attached hydrogen (secondary N) is 3. The van der Waals surface area contributed by atoms with Gasteiger partial charge in [-0.2, -0.15) is 0 Å². The molecule has 2 rings (SSSR count). The quantitative estimate of drug-likeness (QED) is 0.634. The fourth-order valence-corrected chi connectivity index (χ4v) is 2.92. The molecule has 0 bridgehead atoms. The molecule has 1 unspecified atom stereocenters. The molecule has 120 valence electrons. The van der Waals surface area contributed by atoms with Gasteiger partial charge in [-0.25, -0.2) is 0 Å². The van der Waals surface area contributed by atoms with Crippen molar-refractivity contribution in [2.45, 2.75) is 12.2 Å². The topological polar surface area (TPSA) is 54.8 Å². The Morgan fingerprint density at radius 1 is 1.36 bits per heavy atom. The van der Waals surface area contributed by atoms with E-state index in [1.807, 2.05) is 24.3 Å². The van der Waals surface area contributed by atoms with Crippen molar-refractivity contribution >= 4 is 17.7 Å². The lowest BCUT2D eigenvalue weighted by Crippen LogP contribution is -3.09. The van der Waals surface area contributed by atoms with E-state index in [1.165, 1.54) is 10.5 Å². The number of likely N-dealkylation sites (N-methyl/N-ethyl adjacent to an activating group) is 1. The Kier molecular flexibility index (Phi) is 6.61. The molecule has 0 aromatic heterocycles. The molecule has 0 aliphatic carbocycles. The molecule has 1 aliphatic rings. The number of carbonyl (C=O) groups excluding carboxylic acids is 1. The number of amides is 1. The zero-order valence-electron chi connectivity index (χ0n) is 13.1. The number of quaternary nitrogens is 1. The molecular weight excluding hydrogens is 298 g/mol. The zero-order valence-corrected chi connectivity index (χ0v) is 14.0. The number of hydrogen-bond acceptors (Lipinski definition) is 4. The molecule has 0 fully saturated rings. The summed E-state index contributed by atoms with van der Waals surface area (Å²) >= 11 is 1.60. The van der Waals surface area contributed by atoms with E-state index >= 15 is 0 Å². The van der Waals surface area contributed by atoms with E-state index in [0.29, 0.717) is 5.75 Å². The summed E-state index contributed by atoms with van der Waals surface area (Å²) in [6.45, 7) is 2.10. The van der Waals surface area contributed by atoms with Crippen molar-refractivity contribution < 1.29 is 14.4 Å². The first-order chi connectivity index (χ1) is 10.7. The van der Waals surface area contributed by atoms with Crippen LogP contribution in [-0.4, -0.2) is 38.9 Å². The summed E-state index contributed by atoms with van der Waals surface area (Å²) in [4.78, 5) is 13.3. The van der Waals surface area contributed by atoms with Gasteiger partial charge < -0.3 is 15.1 Å². The van der Waals surface area contributed by atoms with E-state index in [1.54, 1.807) is 18.9 Å². The first kappa shape index (κ1) is 16.7. The summed E-state index contributed by atoms with van der Waals surface area (Å²) in [6.07, 6.45) is 3.12. The van der Waals surface area contributed by atoms with Gasteiger partial charge in [-0.15, -0.1) is 11.8 Å². The van der Waals surface area contributed by atoms with Gasteiger partial charge >= 0.3 is 0 Å². The zero-order chi connectivity index (χ0) is 15.8. The lowest BCUT2D eigenvalue weighted by Gasteiger charge is -2.20. The van der Waals surface area contributed by atoms with Crippen molar-refractivity contribution in [3.05, 3.63) is 41.6 Å². The van der Waals surface area contributed by atoms with Crippen LogP contribution in [-0.2, 0) is 10.5 Å². The number of hydrogen-bond donors (Lipinski definition) is 3. The average Bonchev–Trinajstić information content (AvgIpc) is 2.55. The number of carbonyl (C=O) groups is 1. The summed E-state index contributed by atoms with van der Waals surface area (Å²) in [5.41, 5.74) is 8.09. The number of methoxy groups -OCH3 is 1. The molecule has 1 amide bonds. The number of benzene rings is 1. The van der Waals surface area contributed by atoms with Gasteiger partial charge in [-0.3, -0.25) is 10.2 Å². The minimum Gasteiger partial charge on any atom is -0.497 e. The van der Waals surface area contributed by atoms with Crippen LogP contribution in [0.1, 0.15) is 12.0 Å². The van der Waals surface area contributed by atoms with Gasteiger partial charge in [-0.1, -0.05) is 12.1 Å². The molecule has 1 aromatic rings. The number of thioether (sulfide) groups is 1. The highest BCUT2D eigenvalue weighted by atomic mass is 32.2. The third kappa shape index (κ3) is 5.61. The smallest absolute Gasteiger partial charge is 0.248 e. The Morgan fingerprint density at radius 3 is 2.77 bits per heavy atom. The summed E-state index contributed by atoms with van der Waals surface area (Å²) in [7, 11) is 3.82. The monoisotopic (exact) mass is 322 g/mol. The van der Waals surface area contributed by atoms with Crippen LogP contribution in [0.25, 0.3) is 0 Å². The number of hydrazine groups is 1. The highest BCUT2D eigenvalue weighted by molar-refractivity contribution is 7.99. The molecule has 1 heterocycles. The SMILES string of the molecule is COc1ccc(CSCC(=O)NNC2=CC[NH+](C)CC2)cc1. The third-order valence-electron chi connectivity index (χ3n) is 3.54. The van der Waals surface area contributed by atoms with Crippen molar-refractivity contribution in [2.75, 3.05) is 33.0 Å². The van der Waals surface area contributed by atoms with Crippen molar-refractivity contribution in [1.82, 2.24) is 10.9 Å². The largest absolute Gasteiger partial charge is 0.497 e. The van der Waals surface area contributed by atoms with Crippen LogP contribution in [0.2, 0.25) is 0 Å². The van der Waals surface area contributed by atoms with Crippen LogP contribution < -0.4 is 20.5 Å². The number of ether oxygens (including phenoxy) is 1. The van der Waals surface area contributed by atoms with Crippen molar-refractivity contribution in [2.24, 2.45) is 0 Å². The Balaban J connectivity index is 1.63. The normalized spacial score (nSPS) is 17.5. The van der Waals surface area contributed by atoms with E-state index < -0.39 is 0 Å². The summed E-state index contributed by atoms with van der Waals surface area (Å²) < 4.78 is 5.12. The van der Waals surface area contributed by atoms with Crippen LogP contribution in [0.5, 0.6) is 5.75 Å². The van der Waals surface area contributed by atoms with Gasteiger partial charge in [0, 0.05) is 17.9 Å². The molecule has 0 saturated heterocycles. The van der Waals surface area contributed by atoms with E-state index in [2.05, 4.69) is 24.0 Å². The Bertz CT molecular complexity index is 517. The molecular formula is C16H24N3O2S+. The van der Waals surface area contributed by atoms with Gasteiger partial charge in [-0.05, 0) is 23.8 Å². The lowest BCUT2D eigenvalue weighted by molar-refractivity contribution is -0.875. The summed E-state index contributed by atoms with van der Waals surface area (Å²) in [6, 6.07) is 7.92. The fourth-order valence-electron chi connectivity index (χ4n) is 2.13. The van der Waals surface area contributed by atoms with Crippen LogP contribution in [0.15, 0.2) is 36.0 Å². The highest BCUT2D eigenvalue weighted by Crippen LogP contribution is 2.16. The van der Waals surface area contributed by atoms with E-state index in [4.69, 9.17) is 4.74 Å². The number of rotatable bonds is 7.